The van der Waals surface area contributed by atoms with Gasteiger partial charge in [-0.3, -0.25) is 10.1 Å². The summed E-state index contributed by atoms with van der Waals surface area (Å²) in [5.74, 6) is -0.0677. The van der Waals surface area contributed by atoms with Crippen LogP contribution in [0.25, 0.3) is 11.5 Å². The molecule has 0 radical (unpaired) electrons. The monoisotopic (exact) mass is 520 g/mol. The summed E-state index contributed by atoms with van der Waals surface area (Å²) in [4.78, 5) is 16.6. The van der Waals surface area contributed by atoms with Crippen molar-refractivity contribution in [1.29, 1.82) is 0 Å². The van der Waals surface area contributed by atoms with Gasteiger partial charge in [0.1, 0.15) is 29.2 Å². The summed E-state index contributed by atoms with van der Waals surface area (Å²) in [5.41, 5.74) is 3.16. The fourth-order valence-electron chi connectivity index (χ4n) is 4.35. The molecule has 2 unspecified atom stereocenters. The van der Waals surface area contributed by atoms with Crippen molar-refractivity contribution in [2.45, 2.75) is 45.2 Å². The highest BCUT2D eigenvalue weighted by Gasteiger charge is 2.28. The van der Waals surface area contributed by atoms with Crippen LogP contribution in [-0.2, 0) is 17.8 Å². The van der Waals surface area contributed by atoms with E-state index in [0.717, 1.165) is 16.8 Å². The standard InChI is InChI=1S/C30H30F2N2O4/c1-3-26(28(30(35)36)33-18-20-4-10-23(31)11-5-20)21-8-14-25(15-9-21)37-17-16-27-19(2)38-29(34-27)22-6-12-24(32)13-7-22/h4-15,26,28,33H,3,16-18H2,1-2H3,(H,35,36). The molecule has 0 spiro atoms. The predicted molar refractivity (Wildman–Crippen MR) is 140 cm³/mol. The zero-order valence-electron chi connectivity index (χ0n) is 21.3. The van der Waals surface area contributed by atoms with Crippen LogP contribution in [0.1, 0.15) is 41.8 Å². The number of carboxylic acid groups (broad SMARTS) is 1. The molecule has 1 aromatic heterocycles. The number of aromatic nitrogens is 1. The van der Waals surface area contributed by atoms with E-state index in [4.69, 9.17) is 9.15 Å². The molecular formula is C30H30F2N2O4. The van der Waals surface area contributed by atoms with Crippen molar-refractivity contribution in [3.63, 3.8) is 0 Å². The van der Waals surface area contributed by atoms with Gasteiger partial charge < -0.3 is 14.3 Å². The molecule has 0 saturated carbocycles. The maximum Gasteiger partial charge on any atom is 0.321 e. The van der Waals surface area contributed by atoms with Gasteiger partial charge in [0.25, 0.3) is 0 Å². The molecule has 198 valence electrons. The van der Waals surface area contributed by atoms with Crippen LogP contribution < -0.4 is 10.1 Å². The number of hydrogen-bond acceptors (Lipinski definition) is 5. The number of aryl methyl sites for hydroxylation is 1. The number of ether oxygens (including phenoxy) is 1. The molecule has 8 heteroatoms. The maximum absolute atomic E-state index is 13.2. The Bertz CT molecular complexity index is 1340. The van der Waals surface area contributed by atoms with E-state index in [-0.39, 0.29) is 17.6 Å². The minimum absolute atomic E-state index is 0.260. The molecule has 0 amide bonds. The molecule has 3 aromatic carbocycles. The topological polar surface area (TPSA) is 84.6 Å². The van der Waals surface area contributed by atoms with E-state index in [9.17, 15) is 18.7 Å². The first-order valence-electron chi connectivity index (χ1n) is 12.5. The Kier molecular flexibility index (Phi) is 8.86. The average Bonchev–Trinajstić information content (AvgIpc) is 3.28. The summed E-state index contributed by atoms with van der Waals surface area (Å²) in [5, 5.41) is 13.0. The average molecular weight is 521 g/mol. The zero-order chi connectivity index (χ0) is 27.1. The van der Waals surface area contributed by atoms with E-state index in [1.165, 1.54) is 24.3 Å². The molecule has 0 aliphatic carbocycles. The van der Waals surface area contributed by atoms with Gasteiger partial charge >= 0.3 is 5.97 Å². The lowest BCUT2D eigenvalue weighted by molar-refractivity contribution is -0.140. The minimum Gasteiger partial charge on any atom is -0.493 e. The quantitative estimate of drug-likeness (QED) is 0.229. The Balaban J connectivity index is 1.34. The summed E-state index contributed by atoms with van der Waals surface area (Å²) in [6, 6.07) is 18.6. The molecule has 4 rings (SSSR count). The van der Waals surface area contributed by atoms with Crippen molar-refractivity contribution in [2.75, 3.05) is 6.61 Å². The van der Waals surface area contributed by atoms with E-state index < -0.39 is 12.0 Å². The number of oxazole rings is 1. The largest absolute Gasteiger partial charge is 0.493 e. The number of aliphatic carboxylic acids is 1. The summed E-state index contributed by atoms with van der Waals surface area (Å²) in [6.07, 6.45) is 1.15. The van der Waals surface area contributed by atoms with Crippen molar-refractivity contribution in [2.24, 2.45) is 0 Å². The smallest absolute Gasteiger partial charge is 0.321 e. The van der Waals surface area contributed by atoms with E-state index in [1.807, 2.05) is 38.1 Å². The molecule has 38 heavy (non-hydrogen) atoms. The van der Waals surface area contributed by atoms with Crippen molar-refractivity contribution < 1.29 is 27.8 Å². The molecule has 4 aromatic rings. The number of benzene rings is 3. The SMILES string of the molecule is CCC(c1ccc(OCCc2nc(-c3ccc(F)cc3)oc2C)cc1)C(NCc1ccc(F)cc1)C(=O)O. The molecule has 6 nitrogen and oxygen atoms in total. The normalized spacial score (nSPS) is 12.7. The Morgan fingerprint density at radius 2 is 1.63 bits per heavy atom. The van der Waals surface area contributed by atoms with Crippen molar-refractivity contribution in [3.8, 4) is 17.2 Å². The highest BCUT2D eigenvalue weighted by molar-refractivity contribution is 5.75. The van der Waals surface area contributed by atoms with E-state index in [2.05, 4.69) is 10.3 Å². The summed E-state index contributed by atoms with van der Waals surface area (Å²) < 4.78 is 38.0. The molecule has 2 N–H and O–H groups in total. The van der Waals surface area contributed by atoms with E-state index in [0.29, 0.717) is 49.0 Å². The number of rotatable bonds is 12. The first kappa shape index (κ1) is 27.0. The highest BCUT2D eigenvalue weighted by Crippen LogP contribution is 2.27. The second kappa shape index (κ2) is 12.5. The number of nitrogens with one attached hydrogen (secondary N) is 1. The molecule has 0 saturated heterocycles. The van der Waals surface area contributed by atoms with E-state index in [1.54, 1.807) is 24.3 Å². The molecular weight excluding hydrogens is 490 g/mol. The van der Waals surface area contributed by atoms with Crippen LogP contribution in [0.3, 0.4) is 0 Å². The van der Waals surface area contributed by atoms with Gasteiger partial charge in [0.15, 0.2) is 0 Å². The fourth-order valence-corrected chi connectivity index (χ4v) is 4.35. The first-order valence-corrected chi connectivity index (χ1v) is 12.5. The molecule has 0 fully saturated rings. The number of carboxylic acids is 1. The first-order chi connectivity index (χ1) is 18.3. The van der Waals surface area contributed by atoms with Gasteiger partial charge in [0, 0.05) is 24.4 Å². The lowest BCUT2D eigenvalue weighted by atomic mass is 9.89. The van der Waals surface area contributed by atoms with Crippen LogP contribution in [0.4, 0.5) is 8.78 Å². The Morgan fingerprint density at radius 1 is 1.00 bits per heavy atom. The number of halogens is 2. The number of nitrogens with zero attached hydrogens (tertiary/aromatic N) is 1. The molecule has 0 aliphatic rings. The van der Waals surface area contributed by atoms with Crippen LogP contribution >= 0.6 is 0 Å². The van der Waals surface area contributed by atoms with E-state index >= 15 is 0 Å². The van der Waals surface area contributed by atoms with Gasteiger partial charge in [-0.15, -0.1) is 0 Å². The van der Waals surface area contributed by atoms with Crippen LogP contribution in [0.15, 0.2) is 77.2 Å². The molecule has 0 bridgehead atoms. The van der Waals surface area contributed by atoms with Gasteiger partial charge in [-0.25, -0.2) is 13.8 Å². The van der Waals surface area contributed by atoms with Gasteiger partial charge in [0.2, 0.25) is 5.89 Å². The number of hydrogen-bond donors (Lipinski definition) is 2. The highest BCUT2D eigenvalue weighted by atomic mass is 19.1. The zero-order valence-corrected chi connectivity index (χ0v) is 21.3. The Hall–Kier alpha value is -4.04. The maximum atomic E-state index is 13.2. The molecule has 0 aliphatic heterocycles. The third-order valence-electron chi connectivity index (χ3n) is 6.45. The predicted octanol–water partition coefficient (Wildman–Crippen LogP) is 6.29. The Morgan fingerprint density at radius 3 is 2.24 bits per heavy atom. The lowest BCUT2D eigenvalue weighted by Crippen LogP contribution is -2.41. The summed E-state index contributed by atoms with van der Waals surface area (Å²) in [7, 11) is 0. The molecule has 1 heterocycles. The van der Waals surface area contributed by atoms with Crippen LogP contribution in [0.5, 0.6) is 5.75 Å². The van der Waals surface area contributed by atoms with Crippen LogP contribution in [-0.4, -0.2) is 28.7 Å². The summed E-state index contributed by atoms with van der Waals surface area (Å²) >= 11 is 0. The number of carbonyl (C=O) groups is 1. The summed E-state index contributed by atoms with van der Waals surface area (Å²) in [6.45, 7) is 4.48. The van der Waals surface area contributed by atoms with Gasteiger partial charge in [-0.1, -0.05) is 31.2 Å². The minimum atomic E-state index is -0.942. The third-order valence-corrected chi connectivity index (χ3v) is 6.45. The fraction of sp³-hybridized carbons (Fsp3) is 0.267. The second-order valence-electron chi connectivity index (χ2n) is 9.03. The molecule has 2 atom stereocenters. The van der Waals surface area contributed by atoms with Gasteiger partial charge in [0.05, 0.1) is 12.3 Å². The van der Waals surface area contributed by atoms with Crippen LogP contribution in [0, 0.1) is 18.6 Å². The lowest BCUT2D eigenvalue weighted by Gasteiger charge is -2.24. The van der Waals surface area contributed by atoms with Gasteiger partial charge in [-0.2, -0.15) is 0 Å². The van der Waals surface area contributed by atoms with Crippen molar-refractivity contribution in [3.05, 3.63) is 107 Å². The van der Waals surface area contributed by atoms with Gasteiger partial charge in [-0.05, 0) is 73.0 Å². The van der Waals surface area contributed by atoms with Crippen molar-refractivity contribution in [1.82, 2.24) is 10.3 Å². The second-order valence-corrected chi connectivity index (χ2v) is 9.03. The third kappa shape index (κ3) is 6.83. The van der Waals surface area contributed by atoms with Crippen molar-refractivity contribution >= 4 is 5.97 Å². The Labute approximate surface area is 220 Å². The van der Waals surface area contributed by atoms with Crippen LogP contribution in [0.2, 0.25) is 0 Å².